The molecular formula is C9H13Ru. The topological polar surface area (TPSA) is 0 Å². The van der Waals surface area contributed by atoms with Crippen molar-refractivity contribution in [2.24, 2.45) is 0 Å². The van der Waals surface area contributed by atoms with Gasteiger partial charge in [-0.15, -0.1) is 6.42 Å². The van der Waals surface area contributed by atoms with Crippen LogP contribution >= 0.6 is 0 Å². The molecule has 0 nitrogen and oxygen atoms in total. The monoisotopic (exact) mass is 223 g/mol. The molecule has 1 heteroatoms. The number of hydrogen-bond acceptors (Lipinski definition) is 0. The van der Waals surface area contributed by atoms with Crippen molar-refractivity contribution < 1.29 is 19.5 Å². The van der Waals surface area contributed by atoms with Crippen LogP contribution in [0.5, 0.6) is 0 Å². The van der Waals surface area contributed by atoms with Crippen molar-refractivity contribution in [2.45, 2.75) is 33.1 Å². The van der Waals surface area contributed by atoms with Crippen LogP contribution in [0, 0.1) is 6.08 Å². The fourth-order valence-corrected chi connectivity index (χ4v) is 1.24. The van der Waals surface area contributed by atoms with Gasteiger partial charge in [0.15, 0.2) is 0 Å². The summed E-state index contributed by atoms with van der Waals surface area (Å²) >= 11 is 0. The van der Waals surface area contributed by atoms with E-state index < -0.39 is 0 Å². The van der Waals surface area contributed by atoms with Gasteiger partial charge in [0.05, 0.1) is 0 Å². The van der Waals surface area contributed by atoms with Gasteiger partial charge in [0.25, 0.3) is 0 Å². The van der Waals surface area contributed by atoms with Gasteiger partial charge in [-0.1, -0.05) is 26.7 Å². The van der Waals surface area contributed by atoms with E-state index in [0.29, 0.717) is 0 Å². The molecule has 1 aliphatic carbocycles. The Morgan fingerprint density at radius 2 is 2.10 bits per heavy atom. The predicted molar refractivity (Wildman–Crippen MR) is 40.0 cm³/mol. The van der Waals surface area contributed by atoms with Crippen LogP contribution in [0.1, 0.15) is 33.1 Å². The average Bonchev–Trinajstić information content (AvgIpc) is 2.33. The van der Waals surface area contributed by atoms with Crippen LogP contribution in [0.15, 0.2) is 17.2 Å². The van der Waals surface area contributed by atoms with Crippen LogP contribution in [-0.4, -0.2) is 0 Å². The molecule has 1 radical (unpaired) electrons. The first-order valence-corrected chi connectivity index (χ1v) is 3.67. The van der Waals surface area contributed by atoms with E-state index in [0.717, 1.165) is 12.8 Å². The summed E-state index contributed by atoms with van der Waals surface area (Å²) in [7, 11) is 0. The van der Waals surface area contributed by atoms with Crippen molar-refractivity contribution in [2.75, 3.05) is 0 Å². The molecule has 0 unspecified atom stereocenters. The van der Waals surface area contributed by atoms with Gasteiger partial charge in [-0.3, -0.25) is 6.08 Å². The molecule has 0 N–H and O–H groups in total. The van der Waals surface area contributed by atoms with E-state index >= 15 is 0 Å². The van der Waals surface area contributed by atoms with Gasteiger partial charge < -0.3 is 0 Å². The Hall–Kier alpha value is 0.103. The van der Waals surface area contributed by atoms with Gasteiger partial charge >= 0.3 is 19.5 Å². The standard InChI is InChI=1S/C9H13.Ru/c1-3-8-6-5-7-9(8)4-2;/h6H,3-5H2,1-2H3;/q-1;+1. The minimum Gasteiger partial charge on any atom is -0.269 e. The van der Waals surface area contributed by atoms with Crippen molar-refractivity contribution >= 4 is 0 Å². The molecule has 57 valence electrons. The molecule has 0 fully saturated rings. The zero-order valence-electron chi connectivity index (χ0n) is 6.55. The largest absolute Gasteiger partial charge is 1.00 e. The number of rotatable bonds is 2. The summed E-state index contributed by atoms with van der Waals surface area (Å²) < 4.78 is 0. The summed E-state index contributed by atoms with van der Waals surface area (Å²) in [6.45, 7) is 4.39. The van der Waals surface area contributed by atoms with Crippen LogP contribution in [0.25, 0.3) is 0 Å². The molecule has 0 saturated carbocycles. The summed E-state index contributed by atoms with van der Waals surface area (Å²) in [5, 5.41) is 0. The minimum atomic E-state index is 0. The van der Waals surface area contributed by atoms with E-state index in [9.17, 15) is 0 Å². The van der Waals surface area contributed by atoms with Crippen molar-refractivity contribution in [3.8, 4) is 0 Å². The molecule has 0 spiro atoms. The van der Waals surface area contributed by atoms with E-state index in [1.165, 1.54) is 17.6 Å². The summed E-state index contributed by atoms with van der Waals surface area (Å²) in [5.41, 5.74) is 2.95. The first-order chi connectivity index (χ1) is 4.38. The fraction of sp³-hybridized carbons (Fsp3) is 0.556. The fourth-order valence-electron chi connectivity index (χ4n) is 1.24. The Bertz CT molecular complexity index is 136. The van der Waals surface area contributed by atoms with E-state index in [1.54, 1.807) is 0 Å². The van der Waals surface area contributed by atoms with Crippen LogP contribution in [-0.2, 0) is 19.5 Å². The summed E-state index contributed by atoms with van der Waals surface area (Å²) in [5.74, 6) is 0. The molecule has 1 aliphatic rings. The van der Waals surface area contributed by atoms with Gasteiger partial charge in [-0.2, -0.15) is 11.6 Å². The van der Waals surface area contributed by atoms with E-state index in [-0.39, 0.29) is 19.5 Å². The second-order valence-corrected chi connectivity index (χ2v) is 2.30. The molecule has 0 aromatic rings. The number of allylic oxidation sites excluding steroid dienone is 4. The van der Waals surface area contributed by atoms with Crippen molar-refractivity contribution in [3.05, 3.63) is 23.3 Å². The van der Waals surface area contributed by atoms with E-state index in [2.05, 4.69) is 26.0 Å². The van der Waals surface area contributed by atoms with Crippen LogP contribution < -0.4 is 0 Å². The zero-order valence-corrected chi connectivity index (χ0v) is 8.29. The molecule has 0 aromatic heterocycles. The molecule has 0 aromatic carbocycles. The van der Waals surface area contributed by atoms with Gasteiger partial charge in [0, 0.05) is 0 Å². The second kappa shape index (κ2) is 4.85. The molecule has 0 heterocycles. The summed E-state index contributed by atoms with van der Waals surface area (Å²) in [4.78, 5) is 0. The van der Waals surface area contributed by atoms with Crippen molar-refractivity contribution in [3.63, 3.8) is 0 Å². The SMILES string of the molecule is CCC1=[C-]CC=C1CC.[Ru+]. The third kappa shape index (κ3) is 2.06. The van der Waals surface area contributed by atoms with Crippen LogP contribution in [0.2, 0.25) is 0 Å². The molecule has 10 heavy (non-hydrogen) atoms. The Kier molecular flexibility index (Phi) is 4.90. The molecule has 0 bridgehead atoms. The summed E-state index contributed by atoms with van der Waals surface area (Å²) in [6, 6.07) is 0. The average molecular weight is 222 g/mol. The van der Waals surface area contributed by atoms with Crippen LogP contribution in [0.3, 0.4) is 0 Å². The Labute approximate surface area is 76.2 Å². The Morgan fingerprint density at radius 1 is 1.40 bits per heavy atom. The Balaban J connectivity index is 0.000000810. The molecule has 0 aliphatic heterocycles. The number of hydrogen-bond donors (Lipinski definition) is 0. The van der Waals surface area contributed by atoms with Gasteiger partial charge in [0.1, 0.15) is 0 Å². The van der Waals surface area contributed by atoms with Gasteiger partial charge in [-0.25, -0.2) is 5.57 Å². The summed E-state index contributed by atoms with van der Waals surface area (Å²) in [6.07, 6.45) is 8.99. The van der Waals surface area contributed by atoms with E-state index in [4.69, 9.17) is 0 Å². The maximum atomic E-state index is 3.33. The maximum absolute atomic E-state index is 3.33. The maximum Gasteiger partial charge on any atom is 1.00 e. The first kappa shape index (κ1) is 10.1. The van der Waals surface area contributed by atoms with Crippen LogP contribution in [0.4, 0.5) is 0 Å². The molecular weight excluding hydrogens is 209 g/mol. The third-order valence-electron chi connectivity index (χ3n) is 1.79. The molecule has 1 rings (SSSR count). The molecule has 0 saturated heterocycles. The normalized spacial score (nSPS) is 15.8. The van der Waals surface area contributed by atoms with Gasteiger partial charge in [-0.05, 0) is 0 Å². The zero-order chi connectivity index (χ0) is 6.69. The molecule has 0 amide bonds. The first-order valence-electron chi connectivity index (χ1n) is 3.67. The Morgan fingerprint density at radius 3 is 2.50 bits per heavy atom. The van der Waals surface area contributed by atoms with Gasteiger partial charge in [0.2, 0.25) is 0 Å². The van der Waals surface area contributed by atoms with Crippen molar-refractivity contribution in [1.82, 2.24) is 0 Å². The smallest absolute Gasteiger partial charge is 0.269 e. The van der Waals surface area contributed by atoms with Crippen molar-refractivity contribution in [1.29, 1.82) is 0 Å². The quantitative estimate of drug-likeness (QED) is 0.498. The predicted octanol–water partition coefficient (Wildman–Crippen LogP) is 2.86. The van der Waals surface area contributed by atoms with E-state index in [1.807, 2.05) is 0 Å². The third-order valence-corrected chi connectivity index (χ3v) is 1.79. The second-order valence-electron chi connectivity index (χ2n) is 2.30. The molecule has 0 atom stereocenters. The minimum absolute atomic E-state index is 0.